The average molecular weight is 225 g/mol. The molecular weight excluding hydrogens is 206 g/mol. The summed E-state index contributed by atoms with van der Waals surface area (Å²) in [4.78, 5) is 0. The van der Waals surface area contributed by atoms with E-state index in [0.717, 1.165) is 12.5 Å². The molecule has 3 nitrogen and oxygen atoms in total. The standard InChI is InChI=1S/C11H19N3S/c1-9(11-6-13-14(2)7-11)12-5-10-3-4-15-8-10/h6-7,9-10,12H,3-5,8H2,1-2H3. The topological polar surface area (TPSA) is 29.9 Å². The molecule has 1 fully saturated rings. The fraction of sp³-hybridized carbons (Fsp3) is 0.727. The van der Waals surface area contributed by atoms with Gasteiger partial charge in [-0.15, -0.1) is 0 Å². The van der Waals surface area contributed by atoms with Gasteiger partial charge < -0.3 is 5.32 Å². The highest BCUT2D eigenvalue weighted by molar-refractivity contribution is 7.99. The van der Waals surface area contributed by atoms with E-state index < -0.39 is 0 Å². The van der Waals surface area contributed by atoms with Crippen molar-refractivity contribution in [2.24, 2.45) is 13.0 Å². The smallest absolute Gasteiger partial charge is 0.0537 e. The third-order valence-electron chi connectivity index (χ3n) is 2.96. The minimum Gasteiger partial charge on any atom is -0.310 e. The van der Waals surface area contributed by atoms with E-state index in [-0.39, 0.29) is 0 Å². The molecule has 2 unspecified atom stereocenters. The van der Waals surface area contributed by atoms with E-state index >= 15 is 0 Å². The molecule has 1 N–H and O–H groups in total. The van der Waals surface area contributed by atoms with Gasteiger partial charge in [0.1, 0.15) is 0 Å². The Balaban J connectivity index is 1.79. The second-order valence-corrected chi connectivity index (χ2v) is 5.46. The van der Waals surface area contributed by atoms with Gasteiger partial charge in [0.25, 0.3) is 0 Å². The van der Waals surface area contributed by atoms with E-state index in [2.05, 4.69) is 35.3 Å². The molecule has 4 heteroatoms. The van der Waals surface area contributed by atoms with Crippen LogP contribution in [0.25, 0.3) is 0 Å². The molecule has 2 atom stereocenters. The van der Waals surface area contributed by atoms with Crippen LogP contribution in [0.1, 0.15) is 24.9 Å². The maximum atomic E-state index is 4.19. The first kappa shape index (κ1) is 11.0. The second-order valence-electron chi connectivity index (χ2n) is 4.31. The molecule has 0 radical (unpaired) electrons. The largest absolute Gasteiger partial charge is 0.310 e. The van der Waals surface area contributed by atoms with E-state index in [1.165, 1.54) is 23.5 Å². The zero-order valence-electron chi connectivity index (χ0n) is 9.44. The summed E-state index contributed by atoms with van der Waals surface area (Å²) < 4.78 is 1.86. The van der Waals surface area contributed by atoms with Crippen LogP contribution in [0.15, 0.2) is 12.4 Å². The van der Waals surface area contributed by atoms with Crippen LogP contribution in [0.5, 0.6) is 0 Å². The lowest BCUT2D eigenvalue weighted by Gasteiger charge is -2.15. The van der Waals surface area contributed by atoms with Crippen LogP contribution >= 0.6 is 11.8 Å². The molecule has 0 bridgehead atoms. The molecule has 1 aliphatic rings. The Morgan fingerprint density at radius 3 is 3.20 bits per heavy atom. The summed E-state index contributed by atoms with van der Waals surface area (Å²) in [5.74, 6) is 3.54. The number of hydrogen-bond donors (Lipinski definition) is 1. The lowest BCUT2D eigenvalue weighted by atomic mass is 10.1. The van der Waals surface area contributed by atoms with E-state index in [1.54, 1.807) is 0 Å². The van der Waals surface area contributed by atoms with Crippen LogP contribution < -0.4 is 5.32 Å². The first-order valence-electron chi connectivity index (χ1n) is 5.55. The Kier molecular flexibility index (Phi) is 3.70. The van der Waals surface area contributed by atoms with Crippen molar-refractivity contribution in [3.63, 3.8) is 0 Å². The summed E-state index contributed by atoms with van der Waals surface area (Å²) in [6.45, 7) is 3.35. The molecule has 2 heterocycles. The molecule has 0 aromatic carbocycles. The minimum atomic E-state index is 0.421. The Bertz CT molecular complexity index is 305. The molecule has 1 aromatic heterocycles. The van der Waals surface area contributed by atoms with Crippen LogP contribution in [0.4, 0.5) is 0 Å². The highest BCUT2D eigenvalue weighted by atomic mass is 32.2. The molecule has 0 spiro atoms. The van der Waals surface area contributed by atoms with Gasteiger partial charge in [0, 0.05) is 24.8 Å². The van der Waals surface area contributed by atoms with Crippen molar-refractivity contribution >= 4 is 11.8 Å². The highest BCUT2D eigenvalue weighted by Crippen LogP contribution is 2.23. The predicted molar refractivity (Wildman–Crippen MR) is 65.1 cm³/mol. The number of aromatic nitrogens is 2. The fourth-order valence-electron chi connectivity index (χ4n) is 1.87. The summed E-state index contributed by atoms with van der Waals surface area (Å²) >= 11 is 2.08. The van der Waals surface area contributed by atoms with Crippen LogP contribution in [-0.4, -0.2) is 27.8 Å². The van der Waals surface area contributed by atoms with Crippen molar-refractivity contribution in [2.45, 2.75) is 19.4 Å². The maximum absolute atomic E-state index is 4.19. The zero-order chi connectivity index (χ0) is 10.7. The molecule has 1 saturated heterocycles. The first-order valence-corrected chi connectivity index (χ1v) is 6.71. The lowest BCUT2D eigenvalue weighted by Crippen LogP contribution is -2.25. The monoisotopic (exact) mass is 225 g/mol. The van der Waals surface area contributed by atoms with Gasteiger partial charge in [-0.1, -0.05) is 0 Å². The van der Waals surface area contributed by atoms with Crippen molar-refractivity contribution in [1.82, 2.24) is 15.1 Å². The number of aryl methyl sites for hydroxylation is 1. The van der Waals surface area contributed by atoms with E-state index in [9.17, 15) is 0 Å². The number of hydrogen-bond acceptors (Lipinski definition) is 3. The van der Waals surface area contributed by atoms with Crippen molar-refractivity contribution in [1.29, 1.82) is 0 Å². The molecule has 2 rings (SSSR count). The number of nitrogens with one attached hydrogen (secondary N) is 1. The van der Waals surface area contributed by atoms with Gasteiger partial charge in [0.15, 0.2) is 0 Å². The third kappa shape index (κ3) is 2.98. The Morgan fingerprint density at radius 1 is 1.73 bits per heavy atom. The van der Waals surface area contributed by atoms with Crippen molar-refractivity contribution in [3.05, 3.63) is 18.0 Å². The molecule has 0 aliphatic carbocycles. The summed E-state index contributed by atoms with van der Waals surface area (Å²) in [6.07, 6.45) is 5.40. The van der Waals surface area contributed by atoms with Crippen LogP contribution in [0.2, 0.25) is 0 Å². The number of rotatable bonds is 4. The number of nitrogens with zero attached hydrogens (tertiary/aromatic N) is 2. The van der Waals surface area contributed by atoms with Gasteiger partial charge >= 0.3 is 0 Å². The Labute approximate surface area is 95.6 Å². The van der Waals surface area contributed by atoms with E-state index in [0.29, 0.717) is 6.04 Å². The number of thioether (sulfide) groups is 1. The summed E-state index contributed by atoms with van der Waals surface area (Å²) in [5, 5.41) is 7.78. The molecule has 1 aromatic rings. The average Bonchev–Trinajstić information content (AvgIpc) is 2.84. The molecule has 1 aliphatic heterocycles. The zero-order valence-corrected chi connectivity index (χ0v) is 10.3. The van der Waals surface area contributed by atoms with Crippen molar-refractivity contribution < 1.29 is 0 Å². The predicted octanol–water partition coefficient (Wildman–Crippen LogP) is 1.82. The molecule has 0 saturated carbocycles. The van der Waals surface area contributed by atoms with Crippen molar-refractivity contribution in [3.8, 4) is 0 Å². The Morgan fingerprint density at radius 2 is 2.60 bits per heavy atom. The summed E-state index contributed by atoms with van der Waals surface area (Å²) in [6, 6.07) is 0.421. The normalized spacial score (nSPS) is 23.2. The SMILES string of the molecule is CC(NCC1CCSC1)c1cnn(C)c1. The van der Waals surface area contributed by atoms with Gasteiger partial charge in [-0.2, -0.15) is 16.9 Å². The fourth-order valence-corrected chi connectivity index (χ4v) is 3.15. The van der Waals surface area contributed by atoms with Crippen LogP contribution in [0.3, 0.4) is 0 Å². The Hall–Kier alpha value is -0.480. The van der Waals surface area contributed by atoms with Gasteiger partial charge in [-0.3, -0.25) is 4.68 Å². The molecule has 84 valence electrons. The quantitative estimate of drug-likeness (QED) is 0.848. The van der Waals surface area contributed by atoms with E-state index in [4.69, 9.17) is 0 Å². The van der Waals surface area contributed by atoms with E-state index in [1.807, 2.05) is 17.9 Å². The van der Waals surface area contributed by atoms with Gasteiger partial charge in [-0.25, -0.2) is 0 Å². The summed E-state index contributed by atoms with van der Waals surface area (Å²) in [5.41, 5.74) is 1.28. The molecule has 15 heavy (non-hydrogen) atoms. The van der Waals surface area contributed by atoms with Crippen molar-refractivity contribution in [2.75, 3.05) is 18.1 Å². The first-order chi connectivity index (χ1) is 7.25. The maximum Gasteiger partial charge on any atom is 0.0537 e. The van der Waals surface area contributed by atoms with Crippen LogP contribution in [0, 0.1) is 5.92 Å². The second kappa shape index (κ2) is 5.03. The minimum absolute atomic E-state index is 0.421. The molecular formula is C11H19N3S. The van der Waals surface area contributed by atoms with Gasteiger partial charge in [0.2, 0.25) is 0 Å². The third-order valence-corrected chi connectivity index (χ3v) is 4.19. The van der Waals surface area contributed by atoms with Gasteiger partial charge in [0.05, 0.1) is 6.20 Å². The summed E-state index contributed by atoms with van der Waals surface area (Å²) in [7, 11) is 1.96. The van der Waals surface area contributed by atoms with Crippen LogP contribution in [-0.2, 0) is 7.05 Å². The highest BCUT2D eigenvalue weighted by Gasteiger charge is 2.16. The molecule has 0 amide bonds. The van der Waals surface area contributed by atoms with Gasteiger partial charge in [-0.05, 0) is 37.3 Å². The lowest BCUT2D eigenvalue weighted by molar-refractivity contribution is 0.477.